The number of amides is 1. The van der Waals surface area contributed by atoms with Gasteiger partial charge in [-0.15, -0.1) is 0 Å². The largest absolute Gasteiger partial charge is 0.454 e. The van der Waals surface area contributed by atoms with E-state index < -0.39 is 67.4 Å². The maximum absolute atomic E-state index is 13.4. The van der Waals surface area contributed by atoms with Crippen LogP contribution in [0.15, 0.2) is 60.8 Å². The average molecular weight is 1130 g/mol. The third-order valence-corrected chi connectivity index (χ3v) is 15.6. The number of aliphatic hydroxyl groups excluding tert-OH is 5. The van der Waals surface area contributed by atoms with Crippen LogP contribution in [0.2, 0.25) is 0 Å². The highest BCUT2D eigenvalue weighted by Gasteiger charge is 2.47. The van der Waals surface area contributed by atoms with Crippen molar-refractivity contribution >= 4 is 11.9 Å². The van der Waals surface area contributed by atoms with Gasteiger partial charge in [-0.05, 0) is 89.9 Å². The monoisotopic (exact) mass is 1130 g/mol. The third kappa shape index (κ3) is 44.0. The molecular weight excluding hydrogens is 1000 g/mol. The fourth-order valence-electron chi connectivity index (χ4n) is 10.3. The van der Waals surface area contributed by atoms with Crippen LogP contribution in [-0.2, 0) is 23.8 Å². The zero-order valence-corrected chi connectivity index (χ0v) is 51.7. The summed E-state index contributed by atoms with van der Waals surface area (Å²) in [7, 11) is 0. The van der Waals surface area contributed by atoms with E-state index in [4.69, 9.17) is 14.2 Å². The van der Waals surface area contributed by atoms with Crippen LogP contribution in [0.1, 0.15) is 303 Å². The molecule has 11 heteroatoms. The summed E-state index contributed by atoms with van der Waals surface area (Å²) in [6.45, 7) is 5.78. The number of ether oxygens (including phenoxy) is 3. The van der Waals surface area contributed by atoms with Crippen molar-refractivity contribution < 1.29 is 49.3 Å². The molecule has 1 amide bonds. The Hall–Kier alpha value is -2.64. The molecule has 0 saturated carbocycles. The van der Waals surface area contributed by atoms with Gasteiger partial charge in [-0.3, -0.25) is 9.59 Å². The minimum atomic E-state index is -1.62. The zero-order chi connectivity index (χ0) is 58.2. The Balaban J connectivity index is 2.63. The third-order valence-electron chi connectivity index (χ3n) is 15.6. The van der Waals surface area contributed by atoms with Gasteiger partial charge in [0.2, 0.25) is 5.91 Å². The van der Waals surface area contributed by atoms with Crippen LogP contribution in [-0.4, -0.2) is 99.6 Å². The van der Waals surface area contributed by atoms with Gasteiger partial charge in [-0.1, -0.05) is 268 Å². The molecule has 1 fully saturated rings. The van der Waals surface area contributed by atoms with E-state index in [2.05, 4.69) is 74.7 Å². The van der Waals surface area contributed by atoms with Crippen LogP contribution in [0, 0.1) is 0 Å². The summed E-state index contributed by atoms with van der Waals surface area (Å²) in [6.07, 6.45) is 61.1. The highest BCUT2D eigenvalue weighted by Crippen LogP contribution is 2.26. The number of carbonyl (C=O) groups is 2. The van der Waals surface area contributed by atoms with Crippen molar-refractivity contribution in [3.8, 4) is 0 Å². The van der Waals surface area contributed by atoms with Gasteiger partial charge < -0.3 is 45.1 Å². The molecule has 0 bridgehead atoms. The summed E-state index contributed by atoms with van der Waals surface area (Å²) in [5.74, 6) is -1.20. The quantitative estimate of drug-likeness (QED) is 0.0195. The molecule has 6 N–H and O–H groups in total. The van der Waals surface area contributed by atoms with E-state index in [-0.39, 0.29) is 19.4 Å². The van der Waals surface area contributed by atoms with Crippen LogP contribution >= 0.6 is 0 Å². The number of hydrogen-bond donors (Lipinski definition) is 6. The maximum Gasteiger partial charge on any atom is 0.306 e. The van der Waals surface area contributed by atoms with Crippen molar-refractivity contribution in [1.82, 2.24) is 5.32 Å². The first-order valence-corrected chi connectivity index (χ1v) is 33.6. The van der Waals surface area contributed by atoms with E-state index in [0.29, 0.717) is 12.8 Å². The Kier molecular flexibility index (Phi) is 53.5. The predicted octanol–water partition coefficient (Wildman–Crippen LogP) is 16.6. The van der Waals surface area contributed by atoms with E-state index in [0.717, 1.165) is 89.9 Å². The molecule has 1 aliphatic heterocycles. The molecule has 0 aliphatic carbocycles. The minimum Gasteiger partial charge on any atom is -0.454 e. The molecule has 11 nitrogen and oxygen atoms in total. The molecule has 0 aromatic rings. The summed E-state index contributed by atoms with van der Waals surface area (Å²) in [5.41, 5.74) is 0. The van der Waals surface area contributed by atoms with Crippen molar-refractivity contribution in [2.75, 3.05) is 13.2 Å². The number of rotatable bonds is 57. The van der Waals surface area contributed by atoms with Gasteiger partial charge in [-0.2, -0.15) is 0 Å². The van der Waals surface area contributed by atoms with Crippen LogP contribution < -0.4 is 5.32 Å². The second-order valence-corrected chi connectivity index (χ2v) is 23.2. The number of aliphatic hydroxyl groups is 5. The van der Waals surface area contributed by atoms with E-state index >= 15 is 0 Å². The van der Waals surface area contributed by atoms with E-state index in [1.54, 1.807) is 6.08 Å². The first-order chi connectivity index (χ1) is 39.2. The number of carbonyl (C=O) groups excluding carboxylic acids is 2. The molecule has 80 heavy (non-hydrogen) atoms. The normalized spacial score (nSPS) is 19.1. The second-order valence-electron chi connectivity index (χ2n) is 23.2. The smallest absolute Gasteiger partial charge is 0.306 e. The fourth-order valence-corrected chi connectivity index (χ4v) is 10.3. The molecule has 0 radical (unpaired) electrons. The molecule has 1 saturated heterocycles. The highest BCUT2D eigenvalue weighted by atomic mass is 16.7. The highest BCUT2D eigenvalue weighted by molar-refractivity contribution is 5.80. The van der Waals surface area contributed by atoms with Gasteiger partial charge in [0.05, 0.1) is 25.4 Å². The number of esters is 1. The van der Waals surface area contributed by atoms with Crippen LogP contribution in [0.25, 0.3) is 0 Å². The molecule has 0 aromatic carbocycles. The van der Waals surface area contributed by atoms with Crippen molar-refractivity contribution in [2.24, 2.45) is 0 Å². The standard InChI is InChI=1S/C69H125NO10/c1-4-7-10-13-16-19-22-25-27-29-31-32-33-35-37-39-42-45-48-51-54-57-64(74)80-67-66(76)65(75)63(58-71)79-69(67)78-59-60(61(72)55-52-49-46-43-40-24-21-18-15-12-9-6-3)70-68(77)62(73)56-53-50-47-44-41-38-36-34-30-28-26-23-20-17-14-11-8-5-2/h16,19,25-28,31-32,52,55,60-63,65-67,69,71-73,75-76H,4-15,17-18,20-24,29-30,33-51,53-54,56-59H2,1-3H3,(H,70,77)/b19-16-,27-25-,28-26+,32-31-,55-52+. The molecule has 0 spiro atoms. The van der Waals surface area contributed by atoms with Gasteiger partial charge in [0, 0.05) is 6.42 Å². The second kappa shape index (κ2) is 56.8. The summed E-state index contributed by atoms with van der Waals surface area (Å²) in [5, 5.41) is 57.1. The Labute approximate surface area is 490 Å². The lowest BCUT2D eigenvalue weighted by molar-refractivity contribution is -0.305. The van der Waals surface area contributed by atoms with Gasteiger partial charge in [0.25, 0.3) is 0 Å². The first kappa shape index (κ1) is 75.4. The minimum absolute atomic E-state index is 0.114. The lowest BCUT2D eigenvalue weighted by atomic mass is 9.99. The molecule has 8 atom stereocenters. The average Bonchev–Trinajstić information content (AvgIpc) is 3.45. The Bertz CT molecular complexity index is 1530. The lowest BCUT2D eigenvalue weighted by Crippen LogP contribution is -2.61. The van der Waals surface area contributed by atoms with Gasteiger partial charge in [-0.25, -0.2) is 0 Å². The summed E-state index contributed by atoms with van der Waals surface area (Å²) in [4.78, 5) is 26.6. The molecule has 466 valence electrons. The van der Waals surface area contributed by atoms with Crippen LogP contribution in [0.4, 0.5) is 0 Å². The van der Waals surface area contributed by atoms with Gasteiger partial charge in [0.15, 0.2) is 12.4 Å². The Morgan fingerprint density at radius 3 is 1.32 bits per heavy atom. The summed E-state index contributed by atoms with van der Waals surface area (Å²) < 4.78 is 17.7. The van der Waals surface area contributed by atoms with Crippen molar-refractivity contribution in [1.29, 1.82) is 0 Å². The number of allylic oxidation sites excluding steroid dienone is 9. The van der Waals surface area contributed by atoms with Crippen LogP contribution in [0.3, 0.4) is 0 Å². The zero-order valence-electron chi connectivity index (χ0n) is 51.7. The van der Waals surface area contributed by atoms with E-state index in [1.807, 2.05) is 6.08 Å². The van der Waals surface area contributed by atoms with Crippen LogP contribution in [0.5, 0.6) is 0 Å². The fraction of sp³-hybridized carbons (Fsp3) is 0.826. The van der Waals surface area contributed by atoms with E-state index in [9.17, 15) is 35.1 Å². The lowest BCUT2D eigenvalue weighted by Gasteiger charge is -2.41. The number of nitrogens with one attached hydrogen (secondary N) is 1. The van der Waals surface area contributed by atoms with Crippen molar-refractivity contribution in [3.05, 3.63) is 60.8 Å². The number of unbranched alkanes of at least 4 members (excludes halogenated alkanes) is 35. The first-order valence-electron chi connectivity index (χ1n) is 33.6. The van der Waals surface area contributed by atoms with Gasteiger partial charge >= 0.3 is 5.97 Å². The maximum atomic E-state index is 13.4. The SMILES string of the molecule is CCCCC/C=C\C/C=C\C/C=C\CCCCCCCCCCC(=O)OC1C(OCC(NC(=O)C(O)CCCCCCCCCC/C=C/CCCCCCCC)C(O)/C=C/CCCCCCCCCCCC)OC(CO)C(O)C1O. The molecule has 1 rings (SSSR count). The Morgan fingerprint density at radius 1 is 0.487 bits per heavy atom. The predicted molar refractivity (Wildman–Crippen MR) is 333 cm³/mol. The van der Waals surface area contributed by atoms with Crippen molar-refractivity contribution in [2.45, 2.75) is 352 Å². The summed E-state index contributed by atoms with van der Waals surface area (Å²) in [6, 6.07) is -1.03. The molecule has 1 heterocycles. The Morgan fingerprint density at radius 2 is 0.863 bits per heavy atom. The van der Waals surface area contributed by atoms with Crippen molar-refractivity contribution in [3.63, 3.8) is 0 Å². The molecular formula is C69H125NO10. The van der Waals surface area contributed by atoms with Gasteiger partial charge in [0.1, 0.15) is 24.4 Å². The molecule has 8 unspecified atom stereocenters. The number of hydrogen-bond acceptors (Lipinski definition) is 10. The molecule has 1 aliphatic rings. The topological polar surface area (TPSA) is 175 Å². The summed E-state index contributed by atoms with van der Waals surface area (Å²) >= 11 is 0. The van der Waals surface area contributed by atoms with E-state index in [1.165, 1.54) is 167 Å². The molecule has 0 aromatic heterocycles.